The van der Waals surface area contributed by atoms with Gasteiger partial charge in [0.25, 0.3) is 0 Å². The van der Waals surface area contributed by atoms with Crippen LogP contribution in [-0.4, -0.2) is 25.0 Å². The second-order valence-corrected chi connectivity index (χ2v) is 4.79. The van der Waals surface area contributed by atoms with E-state index in [-0.39, 0.29) is 11.8 Å². The van der Waals surface area contributed by atoms with E-state index in [4.69, 9.17) is 10.5 Å². The maximum absolute atomic E-state index is 11.7. The summed E-state index contributed by atoms with van der Waals surface area (Å²) in [6, 6.07) is 6.70. The third-order valence-corrected chi connectivity index (χ3v) is 3.21. The van der Waals surface area contributed by atoms with Gasteiger partial charge in [-0.3, -0.25) is 9.59 Å². The second-order valence-electron chi connectivity index (χ2n) is 4.79. The number of methoxy groups -OCH3 is 1. The van der Waals surface area contributed by atoms with Crippen LogP contribution in [0.5, 0.6) is 5.75 Å². The minimum atomic E-state index is -0.651. The average molecular weight is 262 g/mol. The Bertz CT molecular complexity index is 466. The van der Waals surface area contributed by atoms with E-state index < -0.39 is 11.9 Å². The van der Waals surface area contributed by atoms with Crippen LogP contribution in [0.4, 0.5) is 0 Å². The minimum Gasteiger partial charge on any atom is -0.497 e. The quantitative estimate of drug-likeness (QED) is 0.788. The molecule has 1 atom stereocenters. The van der Waals surface area contributed by atoms with E-state index in [1.807, 2.05) is 24.3 Å². The molecule has 1 aliphatic rings. The lowest BCUT2D eigenvalue weighted by atomic mass is 10.0. The van der Waals surface area contributed by atoms with E-state index >= 15 is 0 Å². The number of hydrogen-bond acceptors (Lipinski definition) is 3. The summed E-state index contributed by atoms with van der Waals surface area (Å²) in [4.78, 5) is 23.1. The molecule has 0 spiro atoms. The number of amides is 2. The Morgan fingerprint density at radius 1 is 1.37 bits per heavy atom. The van der Waals surface area contributed by atoms with Crippen LogP contribution in [0.1, 0.15) is 18.4 Å². The van der Waals surface area contributed by atoms with Gasteiger partial charge in [-0.25, -0.2) is 0 Å². The molecule has 0 aliphatic heterocycles. The maximum Gasteiger partial charge on any atom is 0.240 e. The highest BCUT2D eigenvalue weighted by atomic mass is 16.5. The zero-order valence-corrected chi connectivity index (χ0v) is 10.9. The fourth-order valence-electron chi connectivity index (χ4n) is 1.86. The van der Waals surface area contributed by atoms with E-state index in [1.165, 1.54) is 0 Å². The minimum absolute atomic E-state index is 0.0673. The number of benzene rings is 1. The number of rotatable bonds is 6. The van der Waals surface area contributed by atoms with Gasteiger partial charge in [0.2, 0.25) is 11.8 Å². The van der Waals surface area contributed by atoms with E-state index in [1.54, 1.807) is 7.11 Å². The first-order valence-corrected chi connectivity index (χ1v) is 6.32. The van der Waals surface area contributed by atoms with Gasteiger partial charge >= 0.3 is 0 Å². The summed E-state index contributed by atoms with van der Waals surface area (Å²) in [5, 5.41) is 2.71. The van der Waals surface area contributed by atoms with Crippen LogP contribution in [-0.2, 0) is 16.0 Å². The SMILES string of the molecule is COc1ccc(C[C@H](NC(=O)C2CC2)C(N)=O)cc1. The summed E-state index contributed by atoms with van der Waals surface area (Å²) in [5.41, 5.74) is 6.26. The average Bonchev–Trinajstić information content (AvgIpc) is 3.23. The van der Waals surface area contributed by atoms with Gasteiger partial charge in [0.1, 0.15) is 11.8 Å². The summed E-state index contributed by atoms with van der Waals surface area (Å²) < 4.78 is 5.06. The molecule has 19 heavy (non-hydrogen) atoms. The molecule has 0 unspecified atom stereocenters. The fraction of sp³-hybridized carbons (Fsp3) is 0.429. The zero-order chi connectivity index (χ0) is 13.8. The smallest absolute Gasteiger partial charge is 0.240 e. The Kier molecular flexibility index (Phi) is 4.04. The molecular weight excluding hydrogens is 244 g/mol. The van der Waals surface area contributed by atoms with Crippen molar-refractivity contribution in [2.24, 2.45) is 11.7 Å². The second kappa shape index (κ2) is 5.73. The summed E-state index contributed by atoms with van der Waals surface area (Å²) >= 11 is 0. The molecule has 1 saturated carbocycles. The molecule has 102 valence electrons. The van der Waals surface area contributed by atoms with E-state index in [2.05, 4.69) is 5.32 Å². The van der Waals surface area contributed by atoms with Crippen molar-refractivity contribution in [3.63, 3.8) is 0 Å². The molecule has 0 radical (unpaired) electrons. The molecule has 5 heteroatoms. The van der Waals surface area contributed by atoms with Crippen LogP contribution in [0.2, 0.25) is 0 Å². The molecule has 0 heterocycles. The lowest BCUT2D eigenvalue weighted by Gasteiger charge is -2.15. The number of carbonyl (C=O) groups is 2. The lowest BCUT2D eigenvalue weighted by molar-refractivity contribution is -0.128. The number of nitrogens with one attached hydrogen (secondary N) is 1. The molecule has 0 aromatic heterocycles. The number of ether oxygens (including phenoxy) is 1. The van der Waals surface area contributed by atoms with Crippen LogP contribution in [0, 0.1) is 5.92 Å². The van der Waals surface area contributed by atoms with Gasteiger partial charge in [-0.15, -0.1) is 0 Å². The predicted octanol–water partition coefficient (Wildman–Crippen LogP) is 0.618. The molecule has 3 N–H and O–H groups in total. The highest BCUT2D eigenvalue weighted by molar-refractivity contribution is 5.88. The molecule has 5 nitrogen and oxygen atoms in total. The summed E-state index contributed by atoms with van der Waals surface area (Å²) in [6.45, 7) is 0. The van der Waals surface area contributed by atoms with Crippen molar-refractivity contribution in [3.05, 3.63) is 29.8 Å². The van der Waals surface area contributed by atoms with Gasteiger partial charge in [-0.05, 0) is 30.5 Å². The van der Waals surface area contributed by atoms with Crippen LogP contribution >= 0.6 is 0 Å². The molecule has 1 aromatic carbocycles. The topological polar surface area (TPSA) is 81.4 Å². The third-order valence-electron chi connectivity index (χ3n) is 3.21. The van der Waals surface area contributed by atoms with Gasteiger partial charge in [0, 0.05) is 12.3 Å². The molecule has 1 aromatic rings. The summed E-state index contributed by atoms with van der Waals surface area (Å²) in [5.74, 6) is 0.237. The molecule has 0 saturated heterocycles. The monoisotopic (exact) mass is 262 g/mol. The molecular formula is C14H18N2O3. The number of nitrogens with two attached hydrogens (primary N) is 1. The van der Waals surface area contributed by atoms with E-state index in [9.17, 15) is 9.59 Å². The van der Waals surface area contributed by atoms with Gasteiger partial charge in [0.15, 0.2) is 0 Å². The van der Waals surface area contributed by atoms with Crippen LogP contribution in [0.3, 0.4) is 0 Å². The molecule has 2 rings (SSSR count). The van der Waals surface area contributed by atoms with Crippen LogP contribution in [0.15, 0.2) is 24.3 Å². The lowest BCUT2D eigenvalue weighted by Crippen LogP contribution is -2.46. The summed E-state index contributed by atoms with van der Waals surface area (Å²) in [7, 11) is 1.59. The van der Waals surface area contributed by atoms with Gasteiger partial charge in [-0.1, -0.05) is 12.1 Å². The Balaban J connectivity index is 1.98. The predicted molar refractivity (Wildman–Crippen MR) is 70.5 cm³/mol. The van der Waals surface area contributed by atoms with Crippen molar-refractivity contribution in [2.75, 3.05) is 7.11 Å². The molecule has 0 bridgehead atoms. The van der Waals surface area contributed by atoms with Crippen molar-refractivity contribution in [1.29, 1.82) is 0 Å². The van der Waals surface area contributed by atoms with Crippen molar-refractivity contribution in [2.45, 2.75) is 25.3 Å². The van der Waals surface area contributed by atoms with Crippen LogP contribution in [0.25, 0.3) is 0 Å². The Morgan fingerprint density at radius 2 is 2.00 bits per heavy atom. The zero-order valence-electron chi connectivity index (χ0n) is 10.9. The highest BCUT2D eigenvalue weighted by Crippen LogP contribution is 2.29. The number of hydrogen-bond donors (Lipinski definition) is 2. The number of carbonyl (C=O) groups excluding carboxylic acids is 2. The maximum atomic E-state index is 11.7. The normalized spacial score (nSPS) is 15.6. The first-order valence-electron chi connectivity index (χ1n) is 6.32. The standard InChI is InChI=1S/C14H18N2O3/c1-19-11-6-2-9(3-7-11)8-12(13(15)17)16-14(18)10-4-5-10/h2-3,6-7,10,12H,4-5,8H2,1H3,(H2,15,17)(H,16,18)/t12-/m0/s1. The van der Waals surface area contributed by atoms with Crippen LogP contribution < -0.4 is 15.8 Å². The van der Waals surface area contributed by atoms with Crippen molar-refractivity contribution in [1.82, 2.24) is 5.32 Å². The van der Waals surface area contributed by atoms with E-state index in [0.717, 1.165) is 24.2 Å². The first-order chi connectivity index (χ1) is 9.10. The summed E-state index contributed by atoms with van der Waals surface area (Å²) in [6.07, 6.45) is 2.21. The first kappa shape index (κ1) is 13.4. The van der Waals surface area contributed by atoms with E-state index in [0.29, 0.717) is 6.42 Å². The van der Waals surface area contributed by atoms with Crippen molar-refractivity contribution < 1.29 is 14.3 Å². The van der Waals surface area contributed by atoms with Crippen molar-refractivity contribution in [3.8, 4) is 5.75 Å². The van der Waals surface area contributed by atoms with Gasteiger partial charge in [0.05, 0.1) is 7.11 Å². The fourth-order valence-corrected chi connectivity index (χ4v) is 1.86. The Morgan fingerprint density at radius 3 is 2.47 bits per heavy atom. The molecule has 1 aliphatic carbocycles. The molecule has 1 fully saturated rings. The largest absolute Gasteiger partial charge is 0.497 e. The highest BCUT2D eigenvalue weighted by Gasteiger charge is 2.32. The van der Waals surface area contributed by atoms with Gasteiger partial charge in [-0.2, -0.15) is 0 Å². The Hall–Kier alpha value is -2.04. The van der Waals surface area contributed by atoms with Crippen molar-refractivity contribution >= 4 is 11.8 Å². The third kappa shape index (κ3) is 3.71. The molecule has 2 amide bonds. The number of primary amides is 1. The van der Waals surface area contributed by atoms with Gasteiger partial charge < -0.3 is 15.8 Å². The Labute approximate surface area is 112 Å².